The molecule has 16 heavy (non-hydrogen) atoms. The minimum Gasteiger partial charge on any atom is -0.394 e. The summed E-state index contributed by atoms with van der Waals surface area (Å²) in [6.07, 6.45) is -0.432. The summed E-state index contributed by atoms with van der Waals surface area (Å²) in [4.78, 5) is 7.37. The van der Waals surface area contributed by atoms with E-state index in [9.17, 15) is 13.2 Å². The topological polar surface area (TPSA) is 69.6 Å². The fourth-order valence-corrected chi connectivity index (χ4v) is 1.11. The predicted molar refractivity (Wildman–Crippen MR) is 48.6 cm³/mol. The third-order valence-corrected chi connectivity index (χ3v) is 1.85. The van der Waals surface area contributed by atoms with Crippen molar-refractivity contribution >= 4 is 5.69 Å². The number of hydrogen-bond acceptors (Lipinski definition) is 4. The molecule has 2 rings (SSSR count). The van der Waals surface area contributed by atoms with Crippen molar-refractivity contribution in [1.29, 1.82) is 0 Å². The highest BCUT2D eigenvalue weighted by atomic mass is 19.4. The molecule has 0 aliphatic carbocycles. The Balaban J connectivity index is 2.44. The molecule has 0 saturated carbocycles. The first-order valence-electron chi connectivity index (χ1n) is 4.16. The molecule has 0 fully saturated rings. The van der Waals surface area contributed by atoms with Crippen molar-refractivity contribution in [1.82, 2.24) is 19.7 Å². The van der Waals surface area contributed by atoms with Crippen LogP contribution in [0.2, 0.25) is 0 Å². The van der Waals surface area contributed by atoms with Crippen LogP contribution in [0.25, 0.3) is 5.82 Å². The van der Waals surface area contributed by atoms with Gasteiger partial charge in [-0.2, -0.15) is 18.3 Å². The molecule has 0 saturated heterocycles. The van der Waals surface area contributed by atoms with Crippen molar-refractivity contribution in [2.75, 3.05) is 5.73 Å². The van der Waals surface area contributed by atoms with E-state index in [0.29, 0.717) is 6.20 Å². The van der Waals surface area contributed by atoms with Crippen LogP contribution in [0.3, 0.4) is 0 Å². The molecule has 0 spiro atoms. The van der Waals surface area contributed by atoms with Crippen LogP contribution in [-0.4, -0.2) is 19.7 Å². The van der Waals surface area contributed by atoms with Gasteiger partial charge in [0.1, 0.15) is 6.33 Å². The Morgan fingerprint density at radius 2 is 2.00 bits per heavy atom. The number of alkyl halides is 3. The number of hydrogen-bond donors (Lipinski definition) is 1. The summed E-state index contributed by atoms with van der Waals surface area (Å²) in [5, 5.41) is 3.54. The van der Waals surface area contributed by atoms with Gasteiger partial charge in [0.25, 0.3) is 0 Å². The van der Waals surface area contributed by atoms with Crippen molar-refractivity contribution in [2.24, 2.45) is 0 Å². The molecule has 0 radical (unpaired) electrons. The van der Waals surface area contributed by atoms with Gasteiger partial charge in [0.15, 0.2) is 5.82 Å². The van der Waals surface area contributed by atoms with E-state index in [0.717, 1.165) is 10.9 Å². The van der Waals surface area contributed by atoms with Crippen molar-refractivity contribution in [3.05, 3.63) is 30.5 Å². The monoisotopic (exact) mass is 229 g/mol. The molecule has 5 nitrogen and oxygen atoms in total. The van der Waals surface area contributed by atoms with Crippen molar-refractivity contribution in [3.8, 4) is 5.82 Å². The van der Waals surface area contributed by atoms with E-state index in [-0.39, 0.29) is 11.5 Å². The summed E-state index contributed by atoms with van der Waals surface area (Å²) < 4.78 is 37.9. The van der Waals surface area contributed by atoms with Gasteiger partial charge in [-0.25, -0.2) is 14.6 Å². The van der Waals surface area contributed by atoms with Crippen molar-refractivity contribution in [3.63, 3.8) is 0 Å². The molecule has 0 aliphatic rings. The number of halogens is 3. The summed E-state index contributed by atoms with van der Waals surface area (Å²) in [6, 6.07) is 0. The lowest BCUT2D eigenvalue weighted by Crippen LogP contribution is -2.05. The number of nitrogen functional groups attached to an aromatic ring is 1. The molecule has 0 unspecified atom stereocenters. The van der Waals surface area contributed by atoms with Gasteiger partial charge in [-0.3, -0.25) is 0 Å². The standard InChI is InChI=1S/C8H6F3N5/c9-8(10,11)5-1-15-16(3-5)7-6(12)2-13-4-14-7/h1-4H,12H2. The average molecular weight is 229 g/mol. The fourth-order valence-electron chi connectivity index (χ4n) is 1.11. The van der Waals surface area contributed by atoms with Crippen LogP contribution in [0.5, 0.6) is 0 Å². The van der Waals surface area contributed by atoms with E-state index in [2.05, 4.69) is 15.1 Å². The normalized spacial score (nSPS) is 11.7. The number of aromatic nitrogens is 4. The lowest BCUT2D eigenvalue weighted by atomic mass is 10.3. The van der Waals surface area contributed by atoms with Crippen molar-refractivity contribution < 1.29 is 13.2 Å². The molecule has 2 aromatic heterocycles. The molecule has 2 heterocycles. The Labute approximate surface area is 87.7 Å². The van der Waals surface area contributed by atoms with Gasteiger partial charge in [-0.1, -0.05) is 0 Å². The summed E-state index contributed by atoms with van der Waals surface area (Å²) >= 11 is 0. The number of nitrogens with zero attached hydrogens (tertiary/aromatic N) is 4. The quantitative estimate of drug-likeness (QED) is 0.799. The molecule has 8 heteroatoms. The fraction of sp³-hybridized carbons (Fsp3) is 0.125. The highest BCUT2D eigenvalue weighted by Gasteiger charge is 2.32. The third-order valence-electron chi connectivity index (χ3n) is 1.85. The van der Waals surface area contributed by atoms with Gasteiger partial charge in [0, 0.05) is 6.20 Å². The van der Waals surface area contributed by atoms with Crippen LogP contribution in [0.1, 0.15) is 5.56 Å². The zero-order valence-electron chi connectivity index (χ0n) is 7.81. The molecular weight excluding hydrogens is 223 g/mol. The molecule has 84 valence electrons. The van der Waals surface area contributed by atoms with E-state index in [1.54, 1.807) is 0 Å². The molecule has 0 atom stereocenters. The van der Waals surface area contributed by atoms with Gasteiger partial charge < -0.3 is 5.73 Å². The van der Waals surface area contributed by atoms with E-state index >= 15 is 0 Å². The Morgan fingerprint density at radius 1 is 1.25 bits per heavy atom. The minimum absolute atomic E-state index is 0.116. The van der Waals surface area contributed by atoms with Crippen LogP contribution in [-0.2, 0) is 6.18 Å². The SMILES string of the molecule is Nc1cncnc1-n1cc(C(F)(F)F)cn1. The van der Waals surface area contributed by atoms with Crippen LogP contribution in [0.4, 0.5) is 18.9 Å². The van der Waals surface area contributed by atoms with Crippen LogP contribution in [0, 0.1) is 0 Å². The Kier molecular flexibility index (Phi) is 2.26. The highest BCUT2D eigenvalue weighted by Crippen LogP contribution is 2.29. The van der Waals surface area contributed by atoms with E-state index in [4.69, 9.17) is 5.73 Å². The lowest BCUT2D eigenvalue weighted by Gasteiger charge is -2.03. The number of nitrogens with two attached hydrogens (primary N) is 1. The maximum Gasteiger partial charge on any atom is 0.419 e. The Morgan fingerprint density at radius 3 is 2.56 bits per heavy atom. The zero-order chi connectivity index (χ0) is 11.8. The highest BCUT2D eigenvalue weighted by molar-refractivity contribution is 5.50. The second kappa shape index (κ2) is 3.47. The van der Waals surface area contributed by atoms with Gasteiger partial charge in [-0.05, 0) is 0 Å². The van der Waals surface area contributed by atoms with Gasteiger partial charge in [-0.15, -0.1) is 0 Å². The predicted octanol–water partition coefficient (Wildman–Crippen LogP) is 1.26. The van der Waals surface area contributed by atoms with Gasteiger partial charge >= 0.3 is 6.18 Å². The Hall–Kier alpha value is -2.12. The summed E-state index contributed by atoms with van der Waals surface area (Å²) in [5.74, 6) is 0.116. The van der Waals surface area contributed by atoms with Crippen LogP contribution < -0.4 is 5.73 Å². The number of anilines is 1. The summed E-state index contributed by atoms with van der Waals surface area (Å²) in [6.45, 7) is 0. The molecule has 0 aliphatic heterocycles. The second-order valence-corrected chi connectivity index (χ2v) is 2.97. The first-order chi connectivity index (χ1) is 7.48. The average Bonchev–Trinajstić information content (AvgIpc) is 2.66. The second-order valence-electron chi connectivity index (χ2n) is 2.97. The minimum atomic E-state index is -4.43. The van der Waals surface area contributed by atoms with Crippen molar-refractivity contribution in [2.45, 2.75) is 6.18 Å². The zero-order valence-corrected chi connectivity index (χ0v) is 7.81. The maximum absolute atomic E-state index is 12.3. The maximum atomic E-state index is 12.3. The Bertz CT molecular complexity index is 504. The largest absolute Gasteiger partial charge is 0.419 e. The van der Waals surface area contributed by atoms with E-state index in [1.165, 1.54) is 12.5 Å². The first kappa shape index (κ1) is 10.4. The molecular formula is C8H6F3N5. The summed E-state index contributed by atoms with van der Waals surface area (Å²) in [5.41, 5.74) is 4.80. The molecule has 2 aromatic rings. The number of rotatable bonds is 1. The third kappa shape index (κ3) is 1.81. The van der Waals surface area contributed by atoms with Crippen LogP contribution in [0.15, 0.2) is 24.9 Å². The molecule has 0 bridgehead atoms. The first-order valence-corrected chi connectivity index (χ1v) is 4.16. The smallest absolute Gasteiger partial charge is 0.394 e. The molecule has 0 amide bonds. The van der Waals surface area contributed by atoms with Gasteiger partial charge in [0.05, 0.1) is 23.6 Å². The molecule has 0 aromatic carbocycles. The molecule has 2 N–H and O–H groups in total. The lowest BCUT2D eigenvalue weighted by molar-refractivity contribution is -0.137. The van der Waals surface area contributed by atoms with Crippen LogP contribution >= 0.6 is 0 Å². The summed E-state index contributed by atoms with van der Waals surface area (Å²) in [7, 11) is 0. The van der Waals surface area contributed by atoms with Gasteiger partial charge in [0.2, 0.25) is 0 Å². The van der Waals surface area contributed by atoms with E-state index in [1.807, 2.05) is 0 Å². The van der Waals surface area contributed by atoms with E-state index < -0.39 is 11.7 Å².